The van der Waals surface area contributed by atoms with Gasteiger partial charge in [0, 0.05) is 37.8 Å². The van der Waals surface area contributed by atoms with E-state index in [0.29, 0.717) is 43.5 Å². The molecule has 0 saturated carbocycles. The molecule has 9 heteroatoms. The maximum absolute atomic E-state index is 13.3. The molecule has 8 nitrogen and oxygen atoms in total. The lowest BCUT2D eigenvalue weighted by Gasteiger charge is -2.07. The third-order valence-corrected chi connectivity index (χ3v) is 4.53. The Morgan fingerprint density at radius 3 is 2.74 bits per heavy atom. The van der Waals surface area contributed by atoms with Crippen LogP contribution in [0.2, 0.25) is 0 Å². The Morgan fingerprint density at radius 1 is 1.22 bits per heavy atom. The molecule has 140 valence electrons. The van der Waals surface area contributed by atoms with Gasteiger partial charge in [-0.05, 0) is 30.7 Å². The second-order valence-electron chi connectivity index (χ2n) is 6.39. The molecule has 4 rings (SSSR count). The highest BCUT2D eigenvalue weighted by Gasteiger charge is 2.24. The summed E-state index contributed by atoms with van der Waals surface area (Å²) in [5.74, 6) is 1.13. The maximum atomic E-state index is 13.3. The lowest BCUT2D eigenvalue weighted by atomic mass is 10.1. The highest BCUT2D eigenvalue weighted by molar-refractivity contribution is 5.32. The van der Waals surface area contributed by atoms with Crippen LogP contribution < -0.4 is 11.2 Å². The normalized spacial score (nSPS) is 16.7. The van der Waals surface area contributed by atoms with E-state index in [9.17, 15) is 14.0 Å². The van der Waals surface area contributed by atoms with Crippen LogP contribution in [0.15, 0.2) is 46.1 Å². The van der Waals surface area contributed by atoms with Crippen LogP contribution in [0.4, 0.5) is 4.39 Å². The van der Waals surface area contributed by atoms with E-state index in [2.05, 4.69) is 15.1 Å². The minimum atomic E-state index is -0.472. The van der Waals surface area contributed by atoms with Gasteiger partial charge in [-0.2, -0.15) is 5.10 Å². The average Bonchev–Trinajstić information content (AvgIpc) is 3.31. The van der Waals surface area contributed by atoms with E-state index in [1.54, 1.807) is 16.8 Å². The zero-order valence-corrected chi connectivity index (χ0v) is 14.5. The van der Waals surface area contributed by atoms with Crippen molar-refractivity contribution in [3.8, 4) is 5.69 Å². The Hall–Kier alpha value is -3.07. The summed E-state index contributed by atoms with van der Waals surface area (Å²) < 4.78 is 21.8. The molecule has 3 heterocycles. The van der Waals surface area contributed by atoms with Gasteiger partial charge in [0.05, 0.1) is 12.3 Å². The summed E-state index contributed by atoms with van der Waals surface area (Å²) in [7, 11) is 0. The van der Waals surface area contributed by atoms with Crippen molar-refractivity contribution >= 4 is 0 Å². The van der Waals surface area contributed by atoms with Gasteiger partial charge in [0.1, 0.15) is 11.6 Å². The summed E-state index contributed by atoms with van der Waals surface area (Å²) >= 11 is 0. The van der Waals surface area contributed by atoms with Crippen LogP contribution in [-0.4, -0.2) is 37.5 Å². The molecule has 1 atom stereocenters. The first-order chi connectivity index (χ1) is 13.1. The van der Waals surface area contributed by atoms with E-state index in [-0.39, 0.29) is 11.7 Å². The van der Waals surface area contributed by atoms with Crippen LogP contribution in [0.1, 0.15) is 24.0 Å². The number of hydrogen-bond donors (Lipinski definition) is 1. The molecule has 1 saturated heterocycles. The molecule has 1 aromatic carbocycles. The number of benzene rings is 1. The minimum absolute atomic E-state index is 0.126. The van der Waals surface area contributed by atoms with Crippen molar-refractivity contribution in [1.29, 1.82) is 0 Å². The molecule has 1 N–H and O–H groups in total. The van der Waals surface area contributed by atoms with Crippen LogP contribution in [0.3, 0.4) is 0 Å². The second kappa shape index (κ2) is 7.28. The van der Waals surface area contributed by atoms with Crippen molar-refractivity contribution in [3.63, 3.8) is 0 Å². The quantitative estimate of drug-likeness (QED) is 0.722. The first kappa shape index (κ1) is 17.3. The monoisotopic (exact) mass is 371 g/mol. The topological polar surface area (TPSA) is 94.8 Å². The van der Waals surface area contributed by atoms with Crippen molar-refractivity contribution in [2.75, 3.05) is 13.2 Å². The summed E-state index contributed by atoms with van der Waals surface area (Å²) in [6, 6.07) is 7.30. The maximum Gasteiger partial charge on any atom is 0.328 e. The molecule has 1 aliphatic rings. The first-order valence-electron chi connectivity index (χ1n) is 8.69. The number of halogens is 1. The van der Waals surface area contributed by atoms with Gasteiger partial charge in [-0.3, -0.25) is 9.78 Å². The number of aromatic nitrogens is 5. The van der Waals surface area contributed by atoms with Gasteiger partial charge in [0.25, 0.3) is 5.56 Å². The van der Waals surface area contributed by atoms with Crippen molar-refractivity contribution in [1.82, 2.24) is 24.3 Å². The summed E-state index contributed by atoms with van der Waals surface area (Å²) in [6.07, 6.45) is 2.72. The van der Waals surface area contributed by atoms with E-state index >= 15 is 0 Å². The highest BCUT2D eigenvalue weighted by Crippen LogP contribution is 2.24. The molecule has 0 aliphatic carbocycles. The van der Waals surface area contributed by atoms with Crippen LogP contribution in [0.5, 0.6) is 0 Å². The van der Waals surface area contributed by atoms with E-state index in [1.807, 2.05) is 0 Å². The fourth-order valence-corrected chi connectivity index (χ4v) is 3.06. The molecular weight excluding hydrogens is 353 g/mol. The van der Waals surface area contributed by atoms with Crippen molar-refractivity contribution in [3.05, 3.63) is 74.8 Å². The van der Waals surface area contributed by atoms with Crippen LogP contribution in [-0.2, 0) is 17.7 Å². The number of H-pyrrole nitrogens is 1. The first-order valence-corrected chi connectivity index (χ1v) is 8.69. The molecule has 0 radical (unpaired) electrons. The Balaban J connectivity index is 1.65. The minimum Gasteiger partial charge on any atom is -0.381 e. The van der Waals surface area contributed by atoms with Crippen LogP contribution in [0, 0.1) is 5.82 Å². The van der Waals surface area contributed by atoms with Gasteiger partial charge >= 0.3 is 5.69 Å². The van der Waals surface area contributed by atoms with Gasteiger partial charge in [0.15, 0.2) is 5.82 Å². The van der Waals surface area contributed by atoms with Crippen molar-refractivity contribution in [2.24, 2.45) is 0 Å². The predicted octanol–water partition coefficient (Wildman–Crippen LogP) is 1.00. The van der Waals surface area contributed by atoms with E-state index in [0.717, 1.165) is 6.42 Å². The smallest absolute Gasteiger partial charge is 0.328 e. The SMILES string of the molecule is O=c1ccn(CCc2nc(C3CCOC3)nn2-c2ccc(F)cc2)c(=O)[nH]1. The Kier molecular flexibility index (Phi) is 4.68. The Bertz CT molecular complexity index is 1050. The average molecular weight is 371 g/mol. The fourth-order valence-electron chi connectivity index (χ4n) is 3.06. The molecule has 27 heavy (non-hydrogen) atoms. The molecule has 3 aromatic rings. The number of aromatic amines is 1. The number of aryl methyl sites for hydroxylation is 2. The molecule has 1 aliphatic heterocycles. The summed E-state index contributed by atoms with van der Waals surface area (Å²) in [5.41, 5.74) is -0.216. The van der Waals surface area contributed by atoms with Crippen LogP contribution in [0.25, 0.3) is 5.69 Å². The van der Waals surface area contributed by atoms with E-state index in [4.69, 9.17) is 4.74 Å². The Labute approximate surface area is 153 Å². The summed E-state index contributed by atoms with van der Waals surface area (Å²) in [5, 5.41) is 4.60. The van der Waals surface area contributed by atoms with Gasteiger partial charge in [-0.15, -0.1) is 0 Å². The third-order valence-electron chi connectivity index (χ3n) is 4.53. The van der Waals surface area contributed by atoms with Gasteiger partial charge < -0.3 is 9.30 Å². The molecule has 0 bridgehead atoms. The summed E-state index contributed by atoms with van der Waals surface area (Å²) in [6.45, 7) is 1.58. The number of rotatable bonds is 5. The van der Waals surface area contributed by atoms with E-state index in [1.165, 1.54) is 29.0 Å². The molecular formula is C18H18FN5O3. The molecule has 2 aromatic heterocycles. The predicted molar refractivity (Wildman–Crippen MR) is 94.5 cm³/mol. The van der Waals surface area contributed by atoms with Crippen molar-refractivity contribution in [2.45, 2.75) is 25.3 Å². The largest absolute Gasteiger partial charge is 0.381 e. The third kappa shape index (κ3) is 3.72. The number of ether oxygens (including phenoxy) is 1. The summed E-state index contributed by atoms with van der Waals surface area (Å²) in [4.78, 5) is 29.9. The highest BCUT2D eigenvalue weighted by atomic mass is 19.1. The zero-order chi connectivity index (χ0) is 18.8. The van der Waals surface area contributed by atoms with Gasteiger partial charge in [-0.1, -0.05) is 0 Å². The van der Waals surface area contributed by atoms with Gasteiger partial charge in [0.2, 0.25) is 0 Å². The fraction of sp³-hybridized carbons (Fsp3) is 0.333. The number of hydrogen-bond acceptors (Lipinski definition) is 5. The van der Waals surface area contributed by atoms with E-state index < -0.39 is 11.2 Å². The number of nitrogens with zero attached hydrogens (tertiary/aromatic N) is 4. The lowest BCUT2D eigenvalue weighted by molar-refractivity contribution is 0.193. The second-order valence-corrected chi connectivity index (χ2v) is 6.39. The van der Waals surface area contributed by atoms with Gasteiger partial charge in [-0.25, -0.2) is 18.9 Å². The number of nitrogens with one attached hydrogen (secondary N) is 1. The molecule has 0 spiro atoms. The zero-order valence-electron chi connectivity index (χ0n) is 14.5. The van der Waals surface area contributed by atoms with Crippen molar-refractivity contribution < 1.29 is 9.13 Å². The lowest BCUT2D eigenvalue weighted by Crippen LogP contribution is -2.29. The molecule has 1 fully saturated rings. The van der Waals surface area contributed by atoms with Crippen LogP contribution >= 0.6 is 0 Å². The molecule has 0 amide bonds. The Morgan fingerprint density at radius 2 is 2.04 bits per heavy atom. The molecule has 1 unspecified atom stereocenters. The standard InChI is InChI=1S/C18H18FN5O3/c19-13-1-3-14(4-2-13)24-15(20-17(22-24)12-7-10-27-11-12)5-8-23-9-6-16(25)21-18(23)26/h1-4,6,9,12H,5,7-8,10-11H2,(H,21,25,26).